The first-order valence-electron chi connectivity index (χ1n) is 7.01. The van der Waals surface area contributed by atoms with Gasteiger partial charge in [-0.05, 0) is 24.5 Å². The van der Waals surface area contributed by atoms with E-state index in [9.17, 15) is 4.79 Å². The molecular formula is C15H21N5O. The van der Waals surface area contributed by atoms with Gasteiger partial charge in [0.05, 0.1) is 11.9 Å². The topological polar surface area (TPSA) is 85.8 Å². The average Bonchev–Trinajstić information content (AvgIpc) is 2.87. The largest absolute Gasteiger partial charge is 0.324 e. The monoisotopic (exact) mass is 287 g/mol. The minimum absolute atomic E-state index is 0.117. The second-order valence-corrected chi connectivity index (χ2v) is 5.42. The van der Waals surface area contributed by atoms with Gasteiger partial charge >= 0.3 is 0 Å². The van der Waals surface area contributed by atoms with Crippen LogP contribution in [-0.4, -0.2) is 20.9 Å². The van der Waals surface area contributed by atoms with Crippen LogP contribution in [0.5, 0.6) is 0 Å². The number of amides is 1. The first-order chi connectivity index (χ1) is 9.97. The fourth-order valence-corrected chi connectivity index (χ4v) is 2.05. The van der Waals surface area contributed by atoms with Crippen molar-refractivity contribution in [3.05, 3.63) is 41.7 Å². The lowest BCUT2D eigenvalue weighted by atomic mass is 10.0. The predicted octanol–water partition coefficient (Wildman–Crippen LogP) is 2.06. The van der Waals surface area contributed by atoms with Crippen LogP contribution in [0.3, 0.4) is 0 Å². The second-order valence-electron chi connectivity index (χ2n) is 5.42. The van der Waals surface area contributed by atoms with Crippen molar-refractivity contribution in [3.63, 3.8) is 0 Å². The zero-order chi connectivity index (χ0) is 15.4. The molecule has 1 amide bonds. The smallest absolute Gasteiger partial charge is 0.246 e. The number of hydrogen-bond donors (Lipinski definition) is 2. The molecule has 0 bridgehead atoms. The molecule has 1 aromatic heterocycles. The summed E-state index contributed by atoms with van der Waals surface area (Å²) in [5.41, 5.74) is 8.34. The highest BCUT2D eigenvalue weighted by Crippen LogP contribution is 2.23. The molecular weight excluding hydrogens is 266 g/mol. The van der Waals surface area contributed by atoms with Gasteiger partial charge in [0, 0.05) is 11.7 Å². The lowest BCUT2D eigenvalue weighted by Crippen LogP contribution is -2.20. The van der Waals surface area contributed by atoms with E-state index in [1.165, 1.54) is 4.68 Å². The number of benzene rings is 1. The molecule has 21 heavy (non-hydrogen) atoms. The summed E-state index contributed by atoms with van der Waals surface area (Å²) in [5.74, 6) is 0.210. The fraction of sp³-hybridized carbons (Fsp3) is 0.400. The Morgan fingerprint density at radius 1 is 1.33 bits per heavy atom. The summed E-state index contributed by atoms with van der Waals surface area (Å²) in [6, 6.07) is 7.61. The van der Waals surface area contributed by atoms with Gasteiger partial charge in [-0.25, -0.2) is 4.68 Å². The summed E-state index contributed by atoms with van der Waals surface area (Å²) in [5, 5.41) is 10.8. The summed E-state index contributed by atoms with van der Waals surface area (Å²) >= 11 is 0. The number of para-hydroxylation sites is 1. The van der Waals surface area contributed by atoms with Gasteiger partial charge in [-0.2, -0.15) is 0 Å². The van der Waals surface area contributed by atoms with Gasteiger partial charge in [0.25, 0.3) is 0 Å². The van der Waals surface area contributed by atoms with Gasteiger partial charge in [-0.3, -0.25) is 4.79 Å². The van der Waals surface area contributed by atoms with Crippen LogP contribution < -0.4 is 11.1 Å². The van der Waals surface area contributed by atoms with E-state index in [-0.39, 0.29) is 18.5 Å². The minimum Gasteiger partial charge on any atom is -0.324 e. The van der Waals surface area contributed by atoms with E-state index in [1.807, 2.05) is 31.2 Å². The Morgan fingerprint density at radius 3 is 2.67 bits per heavy atom. The van der Waals surface area contributed by atoms with Crippen LogP contribution in [0.25, 0.3) is 0 Å². The maximum Gasteiger partial charge on any atom is 0.246 e. The molecule has 0 radical (unpaired) electrons. The van der Waals surface area contributed by atoms with Crippen LogP contribution in [0.2, 0.25) is 0 Å². The molecule has 2 aromatic rings. The van der Waals surface area contributed by atoms with Crippen molar-refractivity contribution in [3.8, 4) is 0 Å². The Bertz CT molecular complexity index is 618. The Labute approximate surface area is 124 Å². The third kappa shape index (κ3) is 3.88. The van der Waals surface area contributed by atoms with Gasteiger partial charge < -0.3 is 11.1 Å². The van der Waals surface area contributed by atoms with Crippen molar-refractivity contribution >= 4 is 11.6 Å². The third-order valence-corrected chi connectivity index (χ3v) is 3.19. The number of anilines is 1. The predicted molar refractivity (Wildman–Crippen MR) is 81.8 cm³/mol. The number of nitrogens with zero attached hydrogens (tertiary/aromatic N) is 3. The molecule has 0 spiro atoms. The van der Waals surface area contributed by atoms with Crippen LogP contribution >= 0.6 is 0 Å². The lowest BCUT2D eigenvalue weighted by Gasteiger charge is -2.13. The van der Waals surface area contributed by atoms with E-state index in [2.05, 4.69) is 29.5 Å². The van der Waals surface area contributed by atoms with Crippen molar-refractivity contribution in [1.82, 2.24) is 15.0 Å². The Morgan fingerprint density at radius 2 is 2.05 bits per heavy atom. The summed E-state index contributed by atoms with van der Waals surface area (Å²) in [4.78, 5) is 12.1. The van der Waals surface area contributed by atoms with Crippen LogP contribution in [0.4, 0.5) is 5.69 Å². The number of hydrogen-bond acceptors (Lipinski definition) is 4. The number of carbonyl (C=O) groups is 1. The van der Waals surface area contributed by atoms with Gasteiger partial charge in [0.2, 0.25) is 5.91 Å². The molecule has 0 fully saturated rings. The summed E-state index contributed by atoms with van der Waals surface area (Å²) in [7, 11) is 0. The first kappa shape index (κ1) is 15.2. The van der Waals surface area contributed by atoms with Crippen molar-refractivity contribution in [2.24, 2.45) is 5.73 Å². The molecule has 2 rings (SSSR count). The number of nitrogens with one attached hydrogen (secondary N) is 1. The quantitative estimate of drug-likeness (QED) is 0.881. The average molecular weight is 287 g/mol. The summed E-state index contributed by atoms with van der Waals surface area (Å²) in [6.45, 7) is 6.13. The number of aromatic nitrogens is 3. The maximum absolute atomic E-state index is 12.1. The highest BCUT2D eigenvalue weighted by Gasteiger charge is 2.11. The SMILES string of the molecule is CC(C)c1ccccc1NC(=O)Cn1cc(C(C)N)nn1. The van der Waals surface area contributed by atoms with Crippen molar-refractivity contribution in [1.29, 1.82) is 0 Å². The molecule has 1 aromatic carbocycles. The minimum atomic E-state index is -0.191. The normalized spacial score (nSPS) is 12.4. The highest BCUT2D eigenvalue weighted by atomic mass is 16.2. The molecule has 1 unspecified atom stereocenters. The molecule has 6 heteroatoms. The van der Waals surface area contributed by atoms with Crippen molar-refractivity contribution in [2.45, 2.75) is 39.3 Å². The van der Waals surface area contributed by atoms with Crippen LogP contribution in [0.15, 0.2) is 30.5 Å². The van der Waals surface area contributed by atoms with E-state index >= 15 is 0 Å². The standard InChI is InChI=1S/C15H21N5O/c1-10(2)12-6-4-5-7-13(12)17-15(21)9-20-8-14(11(3)16)18-19-20/h4-8,10-11H,9,16H2,1-3H3,(H,17,21). The van der Waals surface area contributed by atoms with Crippen LogP contribution in [-0.2, 0) is 11.3 Å². The summed E-state index contributed by atoms with van der Waals surface area (Å²) < 4.78 is 1.49. The Hall–Kier alpha value is -2.21. The van der Waals surface area contributed by atoms with Gasteiger partial charge in [0.15, 0.2) is 0 Å². The van der Waals surface area contributed by atoms with Crippen molar-refractivity contribution in [2.75, 3.05) is 5.32 Å². The van der Waals surface area contributed by atoms with E-state index < -0.39 is 0 Å². The first-order valence-corrected chi connectivity index (χ1v) is 7.01. The maximum atomic E-state index is 12.1. The van der Waals surface area contributed by atoms with Crippen LogP contribution in [0.1, 0.15) is 44.0 Å². The van der Waals surface area contributed by atoms with Crippen molar-refractivity contribution < 1.29 is 4.79 Å². The highest BCUT2D eigenvalue weighted by molar-refractivity contribution is 5.91. The second kappa shape index (κ2) is 6.49. The molecule has 6 nitrogen and oxygen atoms in total. The zero-order valence-electron chi connectivity index (χ0n) is 12.6. The molecule has 3 N–H and O–H groups in total. The Balaban J connectivity index is 2.05. The third-order valence-electron chi connectivity index (χ3n) is 3.19. The zero-order valence-corrected chi connectivity index (χ0v) is 12.6. The molecule has 0 saturated heterocycles. The molecule has 0 aliphatic heterocycles. The molecule has 0 saturated carbocycles. The molecule has 0 aliphatic rings. The van der Waals surface area contributed by atoms with E-state index in [0.717, 1.165) is 11.3 Å². The molecule has 1 heterocycles. The summed E-state index contributed by atoms with van der Waals surface area (Å²) in [6.07, 6.45) is 1.69. The van der Waals surface area contributed by atoms with Gasteiger partial charge in [0.1, 0.15) is 6.54 Å². The van der Waals surface area contributed by atoms with E-state index in [0.29, 0.717) is 11.6 Å². The van der Waals surface area contributed by atoms with E-state index in [1.54, 1.807) is 6.20 Å². The molecule has 1 atom stereocenters. The molecule has 0 aliphatic carbocycles. The van der Waals surface area contributed by atoms with Crippen LogP contribution in [0, 0.1) is 0 Å². The Kier molecular flexibility index (Phi) is 4.70. The number of carbonyl (C=O) groups excluding carboxylic acids is 1. The van der Waals surface area contributed by atoms with Gasteiger partial charge in [-0.1, -0.05) is 37.3 Å². The fourth-order valence-electron chi connectivity index (χ4n) is 2.05. The molecule has 112 valence electrons. The number of rotatable bonds is 5. The lowest BCUT2D eigenvalue weighted by molar-refractivity contribution is -0.116. The van der Waals surface area contributed by atoms with E-state index in [4.69, 9.17) is 5.73 Å². The number of nitrogens with two attached hydrogens (primary N) is 1. The van der Waals surface area contributed by atoms with Gasteiger partial charge in [-0.15, -0.1) is 5.10 Å².